The van der Waals surface area contributed by atoms with E-state index in [-0.39, 0.29) is 12.5 Å². The van der Waals surface area contributed by atoms with E-state index in [9.17, 15) is 9.59 Å². The smallest absolute Gasteiger partial charge is 0.322 e. The number of carbonyl (C=O) groups is 2. The Morgan fingerprint density at radius 1 is 1.19 bits per heavy atom. The van der Waals surface area contributed by atoms with E-state index in [2.05, 4.69) is 34.5 Å². The van der Waals surface area contributed by atoms with E-state index >= 15 is 0 Å². The molecule has 1 amide bonds. The van der Waals surface area contributed by atoms with Crippen molar-refractivity contribution in [3.63, 3.8) is 0 Å². The summed E-state index contributed by atoms with van der Waals surface area (Å²) in [5.41, 5.74) is 1.37. The van der Waals surface area contributed by atoms with E-state index in [1.54, 1.807) is 0 Å². The topological polar surface area (TPSA) is 69.6 Å². The minimum absolute atomic E-state index is 0.209. The first-order valence-corrected chi connectivity index (χ1v) is 7.38. The Morgan fingerprint density at radius 3 is 2.48 bits per heavy atom. The largest absolute Gasteiger partial charge is 0.480 e. The van der Waals surface area contributed by atoms with Gasteiger partial charge in [-0.1, -0.05) is 30.3 Å². The predicted octanol–water partition coefficient (Wildman–Crippen LogP) is 1.14. The zero-order chi connectivity index (χ0) is 15.1. The van der Waals surface area contributed by atoms with Crippen LogP contribution in [0.2, 0.25) is 0 Å². The lowest BCUT2D eigenvalue weighted by Crippen LogP contribution is -2.42. The van der Waals surface area contributed by atoms with Crippen LogP contribution in [0.1, 0.15) is 18.4 Å². The van der Waals surface area contributed by atoms with Gasteiger partial charge in [-0.05, 0) is 43.8 Å². The van der Waals surface area contributed by atoms with Gasteiger partial charge in [-0.25, -0.2) is 0 Å². The number of hydrogen-bond donors (Lipinski definition) is 2. The number of amides is 1. The Kier molecular flexibility index (Phi) is 5.75. The highest BCUT2D eigenvalue weighted by molar-refractivity contribution is 5.82. The number of rotatable bonds is 6. The van der Waals surface area contributed by atoms with Crippen molar-refractivity contribution < 1.29 is 14.7 Å². The van der Waals surface area contributed by atoms with Crippen LogP contribution in [-0.2, 0) is 16.0 Å². The summed E-state index contributed by atoms with van der Waals surface area (Å²) in [6, 6.07) is 10.5. The molecule has 21 heavy (non-hydrogen) atoms. The molecule has 2 rings (SSSR count). The Balaban J connectivity index is 1.68. The van der Waals surface area contributed by atoms with Crippen LogP contribution >= 0.6 is 0 Å². The van der Waals surface area contributed by atoms with Crippen LogP contribution in [0.5, 0.6) is 0 Å². The van der Waals surface area contributed by atoms with Gasteiger partial charge in [-0.2, -0.15) is 0 Å². The number of carboxylic acid groups (broad SMARTS) is 1. The van der Waals surface area contributed by atoms with Crippen LogP contribution in [0.3, 0.4) is 0 Å². The summed E-state index contributed by atoms with van der Waals surface area (Å²) in [6.07, 6.45) is 3.27. The van der Waals surface area contributed by atoms with Crippen LogP contribution in [0.15, 0.2) is 30.3 Å². The molecular weight excluding hydrogens is 268 g/mol. The molecule has 0 unspecified atom stereocenters. The third-order valence-corrected chi connectivity index (χ3v) is 3.88. The minimum Gasteiger partial charge on any atom is -0.480 e. The van der Waals surface area contributed by atoms with Gasteiger partial charge in [0, 0.05) is 0 Å². The molecule has 0 spiro atoms. The van der Waals surface area contributed by atoms with Crippen molar-refractivity contribution in [1.29, 1.82) is 0 Å². The molecule has 1 aliphatic heterocycles. The van der Waals surface area contributed by atoms with Crippen LogP contribution in [0, 0.1) is 5.92 Å². The maximum absolute atomic E-state index is 11.6. The second kappa shape index (κ2) is 7.78. The lowest BCUT2D eigenvalue weighted by atomic mass is 9.90. The molecule has 5 nitrogen and oxygen atoms in total. The molecule has 5 heteroatoms. The number of carboxylic acids is 1. The first kappa shape index (κ1) is 15.5. The monoisotopic (exact) mass is 290 g/mol. The van der Waals surface area contributed by atoms with Crippen LogP contribution in [0.4, 0.5) is 0 Å². The molecule has 0 aromatic heterocycles. The lowest BCUT2D eigenvalue weighted by molar-refractivity contribution is -0.138. The maximum atomic E-state index is 11.6. The molecule has 114 valence electrons. The number of likely N-dealkylation sites (tertiary alicyclic amines) is 1. The minimum atomic E-state index is -1.01. The summed E-state index contributed by atoms with van der Waals surface area (Å²) in [7, 11) is 0. The molecule has 1 aliphatic rings. The second-order valence-electron chi connectivity index (χ2n) is 5.58. The number of benzene rings is 1. The van der Waals surface area contributed by atoms with Crippen LogP contribution < -0.4 is 5.32 Å². The fourth-order valence-electron chi connectivity index (χ4n) is 2.73. The quantitative estimate of drug-likeness (QED) is 0.824. The van der Waals surface area contributed by atoms with Gasteiger partial charge in [-0.15, -0.1) is 0 Å². The van der Waals surface area contributed by atoms with Crippen molar-refractivity contribution in [3.05, 3.63) is 35.9 Å². The lowest BCUT2D eigenvalue weighted by Gasteiger charge is -2.31. The van der Waals surface area contributed by atoms with Crippen molar-refractivity contribution >= 4 is 11.9 Å². The summed E-state index contributed by atoms with van der Waals surface area (Å²) in [6.45, 7) is 1.80. The van der Waals surface area contributed by atoms with E-state index in [0.29, 0.717) is 12.5 Å². The Bertz CT molecular complexity index is 468. The normalized spacial score (nSPS) is 16.6. The highest BCUT2D eigenvalue weighted by Crippen LogP contribution is 2.21. The van der Waals surface area contributed by atoms with E-state index in [4.69, 9.17) is 5.11 Å². The third kappa shape index (κ3) is 5.55. The highest BCUT2D eigenvalue weighted by atomic mass is 16.4. The summed E-state index contributed by atoms with van der Waals surface area (Å²) < 4.78 is 0. The number of aliphatic carboxylic acids is 1. The Hall–Kier alpha value is -1.88. The number of nitrogens with zero attached hydrogens (tertiary/aromatic N) is 1. The van der Waals surface area contributed by atoms with Crippen molar-refractivity contribution in [1.82, 2.24) is 10.2 Å². The molecule has 0 bridgehead atoms. The second-order valence-corrected chi connectivity index (χ2v) is 5.58. The summed E-state index contributed by atoms with van der Waals surface area (Å²) in [5, 5.41) is 10.9. The Labute approximate surface area is 125 Å². The summed E-state index contributed by atoms with van der Waals surface area (Å²) in [5.74, 6) is -0.547. The molecule has 1 heterocycles. The molecule has 1 fully saturated rings. The van der Waals surface area contributed by atoms with Gasteiger partial charge >= 0.3 is 5.97 Å². The number of nitrogens with one attached hydrogen (secondary N) is 1. The van der Waals surface area contributed by atoms with Gasteiger partial charge in [0.05, 0.1) is 6.54 Å². The van der Waals surface area contributed by atoms with Gasteiger partial charge in [0.15, 0.2) is 0 Å². The molecule has 0 saturated carbocycles. The number of hydrogen-bond acceptors (Lipinski definition) is 3. The zero-order valence-corrected chi connectivity index (χ0v) is 12.1. The third-order valence-electron chi connectivity index (χ3n) is 3.88. The summed E-state index contributed by atoms with van der Waals surface area (Å²) >= 11 is 0. The van der Waals surface area contributed by atoms with Crippen molar-refractivity contribution in [2.24, 2.45) is 5.92 Å². The van der Waals surface area contributed by atoms with Crippen LogP contribution in [-0.4, -0.2) is 48.1 Å². The standard InChI is InChI=1S/C16H22N2O3/c19-15(17-11-16(20)21)12-18-8-6-14(7-9-18)10-13-4-2-1-3-5-13/h1-5,14H,6-12H2,(H,17,19)(H,20,21). The average molecular weight is 290 g/mol. The molecule has 1 aromatic rings. The van der Waals surface area contributed by atoms with Crippen molar-refractivity contribution in [2.75, 3.05) is 26.2 Å². The fourth-order valence-corrected chi connectivity index (χ4v) is 2.73. The van der Waals surface area contributed by atoms with Gasteiger partial charge in [0.2, 0.25) is 5.91 Å². The summed E-state index contributed by atoms with van der Waals surface area (Å²) in [4.78, 5) is 24.1. The SMILES string of the molecule is O=C(O)CNC(=O)CN1CCC(Cc2ccccc2)CC1. The maximum Gasteiger partial charge on any atom is 0.322 e. The number of carbonyl (C=O) groups excluding carboxylic acids is 1. The predicted molar refractivity (Wildman–Crippen MR) is 80.0 cm³/mol. The van der Waals surface area contributed by atoms with Crippen molar-refractivity contribution in [2.45, 2.75) is 19.3 Å². The zero-order valence-electron chi connectivity index (χ0n) is 12.1. The molecule has 0 radical (unpaired) electrons. The van der Waals surface area contributed by atoms with E-state index in [1.807, 2.05) is 6.07 Å². The van der Waals surface area contributed by atoms with E-state index < -0.39 is 5.97 Å². The molecular formula is C16H22N2O3. The van der Waals surface area contributed by atoms with Gasteiger partial charge in [-0.3, -0.25) is 14.5 Å². The molecule has 2 N–H and O–H groups in total. The molecule has 0 aliphatic carbocycles. The molecule has 0 atom stereocenters. The van der Waals surface area contributed by atoms with Crippen LogP contribution in [0.25, 0.3) is 0 Å². The van der Waals surface area contributed by atoms with E-state index in [1.165, 1.54) is 5.56 Å². The van der Waals surface area contributed by atoms with E-state index in [0.717, 1.165) is 32.4 Å². The fraction of sp³-hybridized carbons (Fsp3) is 0.500. The first-order chi connectivity index (χ1) is 10.1. The Morgan fingerprint density at radius 2 is 1.86 bits per heavy atom. The van der Waals surface area contributed by atoms with Gasteiger partial charge < -0.3 is 10.4 Å². The molecule has 1 saturated heterocycles. The number of piperidine rings is 1. The van der Waals surface area contributed by atoms with Gasteiger partial charge in [0.25, 0.3) is 0 Å². The molecule has 1 aromatic carbocycles. The highest BCUT2D eigenvalue weighted by Gasteiger charge is 2.21. The average Bonchev–Trinajstić information content (AvgIpc) is 2.48. The van der Waals surface area contributed by atoms with Crippen molar-refractivity contribution in [3.8, 4) is 0 Å². The van der Waals surface area contributed by atoms with Gasteiger partial charge in [0.1, 0.15) is 6.54 Å². The first-order valence-electron chi connectivity index (χ1n) is 7.38.